The van der Waals surface area contributed by atoms with Crippen LogP contribution in [0, 0.1) is 29.6 Å². The normalized spacial score (nSPS) is 40.6. The van der Waals surface area contributed by atoms with Crippen molar-refractivity contribution in [2.45, 2.75) is 76.7 Å². The lowest BCUT2D eigenvalue weighted by Gasteiger charge is -2.38. The van der Waals surface area contributed by atoms with E-state index < -0.39 is 23.9 Å². The smallest absolute Gasteiger partial charge is 0.362 e. The molecule has 2 heterocycles. The van der Waals surface area contributed by atoms with E-state index >= 15 is 0 Å². The van der Waals surface area contributed by atoms with E-state index in [9.17, 15) is 18.0 Å². The zero-order chi connectivity index (χ0) is 19.9. The number of likely N-dealkylation sites (tertiary alicyclic amines) is 1. The number of halogens is 3. The van der Waals surface area contributed by atoms with E-state index in [1.54, 1.807) is 0 Å². The Hall–Kier alpha value is -0.820. The molecular weight excluding hydrogens is 369 g/mol. The van der Waals surface area contributed by atoms with E-state index in [1.807, 2.05) is 4.90 Å². The number of fused-ring (bicyclic) bond motifs is 1. The molecule has 2 saturated heterocycles. The molecule has 4 rings (SSSR count). The number of carbonyl (C=O) groups excluding carboxylic acids is 1. The average molecular weight is 403 g/mol. The summed E-state index contributed by atoms with van der Waals surface area (Å²) in [4.78, 5) is 14.8. The third kappa shape index (κ3) is 4.07. The van der Waals surface area contributed by atoms with Crippen LogP contribution in [0.4, 0.5) is 13.2 Å². The highest BCUT2D eigenvalue weighted by atomic mass is 19.4. The van der Waals surface area contributed by atoms with Crippen LogP contribution in [0.1, 0.15) is 58.3 Å². The molecule has 6 unspecified atom stereocenters. The summed E-state index contributed by atoms with van der Waals surface area (Å²) >= 11 is 0. The molecule has 0 aromatic rings. The van der Waals surface area contributed by atoms with Crippen molar-refractivity contribution in [2.75, 3.05) is 19.7 Å². The SMILES string of the molecule is C[C@H](CC1NCCO1)C1CCCC(N2CC3C(CCCC3C(F)(F)F)C2=O)C1. The van der Waals surface area contributed by atoms with Gasteiger partial charge in [0.2, 0.25) is 5.91 Å². The van der Waals surface area contributed by atoms with Crippen LogP contribution in [0.3, 0.4) is 0 Å². The summed E-state index contributed by atoms with van der Waals surface area (Å²) in [6.45, 7) is 4.22. The summed E-state index contributed by atoms with van der Waals surface area (Å²) in [5.74, 6) is -1.24. The zero-order valence-corrected chi connectivity index (χ0v) is 16.7. The van der Waals surface area contributed by atoms with Crippen LogP contribution in [-0.4, -0.2) is 48.9 Å². The van der Waals surface area contributed by atoms with Crippen molar-refractivity contribution in [3.05, 3.63) is 0 Å². The van der Waals surface area contributed by atoms with E-state index in [0.717, 1.165) is 45.3 Å². The molecule has 0 spiro atoms. The quantitative estimate of drug-likeness (QED) is 0.774. The van der Waals surface area contributed by atoms with Gasteiger partial charge in [0, 0.05) is 25.0 Å². The van der Waals surface area contributed by atoms with Gasteiger partial charge < -0.3 is 9.64 Å². The predicted molar refractivity (Wildman–Crippen MR) is 99.4 cm³/mol. The maximum Gasteiger partial charge on any atom is 0.392 e. The van der Waals surface area contributed by atoms with Gasteiger partial charge in [-0.2, -0.15) is 13.2 Å². The molecule has 160 valence electrons. The number of hydrogen-bond donors (Lipinski definition) is 1. The number of rotatable bonds is 4. The van der Waals surface area contributed by atoms with Gasteiger partial charge in [-0.05, 0) is 49.9 Å². The van der Waals surface area contributed by atoms with Crippen LogP contribution in [0.2, 0.25) is 0 Å². The Balaban J connectivity index is 1.40. The van der Waals surface area contributed by atoms with Gasteiger partial charge in [0.25, 0.3) is 0 Å². The van der Waals surface area contributed by atoms with Crippen molar-refractivity contribution >= 4 is 5.91 Å². The molecule has 0 bridgehead atoms. The maximum atomic E-state index is 13.5. The van der Waals surface area contributed by atoms with E-state index in [1.165, 1.54) is 0 Å². The Morgan fingerprint density at radius 2 is 2.00 bits per heavy atom. The van der Waals surface area contributed by atoms with Gasteiger partial charge in [-0.1, -0.05) is 26.2 Å². The summed E-state index contributed by atoms with van der Waals surface area (Å²) in [6, 6.07) is 0.116. The molecule has 7 atom stereocenters. The summed E-state index contributed by atoms with van der Waals surface area (Å²) in [6.07, 6.45) is 2.30. The molecule has 1 amide bonds. The van der Waals surface area contributed by atoms with E-state index in [2.05, 4.69) is 12.2 Å². The fraction of sp³-hybridized carbons (Fsp3) is 0.952. The first-order chi connectivity index (χ1) is 13.3. The van der Waals surface area contributed by atoms with Crippen molar-refractivity contribution in [3.8, 4) is 0 Å². The molecule has 2 aliphatic carbocycles. The number of amides is 1. The second-order valence-corrected chi connectivity index (χ2v) is 9.45. The van der Waals surface area contributed by atoms with Crippen LogP contribution in [0.5, 0.6) is 0 Å². The van der Waals surface area contributed by atoms with Crippen LogP contribution < -0.4 is 5.32 Å². The van der Waals surface area contributed by atoms with Gasteiger partial charge in [-0.15, -0.1) is 0 Å². The first-order valence-corrected chi connectivity index (χ1v) is 11.1. The van der Waals surface area contributed by atoms with Gasteiger partial charge in [0.15, 0.2) is 0 Å². The lowest BCUT2D eigenvalue weighted by atomic mass is 9.73. The van der Waals surface area contributed by atoms with E-state index in [0.29, 0.717) is 31.2 Å². The van der Waals surface area contributed by atoms with Gasteiger partial charge in [-0.25, -0.2) is 0 Å². The van der Waals surface area contributed by atoms with Crippen LogP contribution in [-0.2, 0) is 9.53 Å². The standard InChI is InChI=1S/C21H33F3N2O2/c1-13(10-19-25-8-9-28-19)14-4-2-5-15(11-14)26-12-17-16(20(26)27)6-3-7-18(17)21(22,23)24/h13-19,25H,2-12H2,1H3/t13-,14?,15?,16?,17?,18?,19?/m1/s1. The molecule has 0 aromatic heterocycles. The second-order valence-electron chi connectivity index (χ2n) is 9.45. The highest BCUT2D eigenvalue weighted by molar-refractivity contribution is 5.82. The number of alkyl halides is 3. The topological polar surface area (TPSA) is 41.6 Å². The lowest BCUT2D eigenvalue weighted by molar-refractivity contribution is -0.198. The minimum absolute atomic E-state index is 0.00181. The van der Waals surface area contributed by atoms with Crippen molar-refractivity contribution in [1.29, 1.82) is 0 Å². The largest absolute Gasteiger partial charge is 0.392 e. The minimum atomic E-state index is -4.18. The number of nitrogens with zero attached hydrogens (tertiary/aromatic N) is 1. The van der Waals surface area contributed by atoms with Crippen molar-refractivity contribution in [1.82, 2.24) is 10.2 Å². The Morgan fingerprint density at radius 3 is 2.71 bits per heavy atom. The highest BCUT2D eigenvalue weighted by Gasteiger charge is 2.55. The molecule has 4 aliphatic rings. The van der Waals surface area contributed by atoms with Crippen LogP contribution >= 0.6 is 0 Å². The third-order valence-electron chi connectivity index (χ3n) is 7.80. The Bertz CT molecular complexity index is 564. The first kappa shape index (κ1) is 20.5. The van der Waals surface area contributed by atoms with Gasteiger partial charge >= 0.3 is 6.18 Å². The molecule has 0 aromatic carbocycles. The maximum absolute atomic E-state index is 13.5. The summed E-state index contributed by atoms with van der Waals surface area (Å²) in [7, 11) is 0. The number of hydrogen-bond acceptors (Lipinski definition) is 3. The third-order valence-corrected chi connectivity index (χ3v) is 7.80. The summed E-state index contributed by atoms with van der Waals surface area (Å²) in [5.41, 5.74) is 0. The number of ether oxygens (including phenoxy) is 1. The minimum Gasteiger partial charge on any atom is -0.362 e. The average Bonchev–Trinajstić information content (AvgIpc) is 3.29. The van der Waals surface area contributed by atoms with Crippen molar-refractivity contribution < 1.29 is 22.7 Å². The number of nitrogens with one attached hydrogen (secondary N) is 1. The van der Waals surface area contributed by atoms with Gasteiger partial charge in [0.05, 0.1) is 12.5 Å². The zero-order valence-electron chi connectivity index (χ0n) is 16.7. The molecule has 2 aliphatic heterocycles. The second kappa shape index (κ2) is 8.13. The molecule has 4 fully saturated rings. The fourth-order valence-corrected chi connectivity index (χ4v) is 6.26. The molecule has 1 N–H and O–H groups in total. The van der Waals surface area contributed by atoms with Gasteiger partial charge in [0.1, 0.15) is 6.23 Å². The van der Waals surface area contributed by atoms with Crippen molar-refractivity contribution in [2.24, 2.45) is 29.6 Å². The van der Waals surface area contributed by atoms with Crippen LogP contribution in [0.25, 0.3) is 0 Å². The molecule has 0 radical (unpaired) electrons. The predicted octanol–water partition coefficient (Wildman–Crippen LogP) is 3.95. The Labute approximate surface area is 165 Å². The monoisotopic (exact) mass is 402 g/mol. The summed E-state index contributed by atoms with van der Waals surface area (Å²) in [5, 5.41) is 3.36. The molecule has 2 saturated carbocycles. The highest BCUT2D eigenvalue weighted by Crippen LogP contribution is 2.49. The first-order valence-electron chi connectivity index (χ1n) is 11.1. The van der Waals surface area contributed by atoms with Crippen LogP contribution in [0.15, 0.2) is 0 Å². The molecule has 4 nitrogen and oxygen atoms in total. The lowest BCUT2D eigenvalue weighted by Crippen LogP contribution is -2.42. The Kier molecular flexibility index (Phi) is 5.94. The molecule has 28 heavy (non-hydrogen) atoms. The molecular formula is C21H33F3N2O2. The summed E-state index contributed by atoms with van der Waals surface area (Å²) < 4.78 is 46.2. The number of carbonyl (C=O) groups is 1. The van der Waals surface area contributed by atoms with Crippen molar-refractivity contribution in [3.63, 3.8) is 0 Å². The van der Waals surface area contributed by atoms with E-state index in [-0.39, 0.29) is 24.6 Å². The van der Waals surface area contributed by atoms with E-state index in [4.69, 9.17) is 4.74 Å². The Morgan fingerprint density at radius 1 is 1.21 bits per heavy atom. The fourth-order valence-electron chi connectivity index (χ4n) is 6.26. The molecule has 7 heteroatoms. The van der Waals surface area contributed by atoms with Gasteiger partial charge in [-0.3, -0.25) is 10.1 Å².